The number of aromatic nitrogens is 1. The molecule has 4 heteroatoms. The number of halogens is 1. The van der Waals surface area contributed by atoms with E-state index >= 15 is 0 Å². The third kappa shape index (κ3) is 2.08. The van der Waals surface area contributed by atoms with Gasteiger partial charge in [-0.15, -0.1) is 0 Å². The molecule has 3 atom stereocenters. The predicted molar refractivity (Wildman–Crippen MR) is 60.8 cm³/mol. The quantitative estimate of drug-likeness (QED) is 0.610. The van der Waals surface area contributed by atoms with Gasteiger partial charge in [0.1, 0.15) is 5.82 Å². The summed E-state index contributed by atoms with van der Waals surface area (Å²) in [5.74, 6) is 6.31. The van der Waals surface area contributed by atoms with Crippen molar-refractivity contribution >= 4 is 0 Å². The number of hydrogen-bond donors (Lipinski definition) is 2. The summed E-state index contributed by atoms with van der Waals surface area (Å²) in [6, 6.07) is 1.62. The first-order valence-corrected chi connectivity index (χ1v) is 5.79. The van der Waals surface area contributed by atoms with Crippen LogP contribution >= 0.6 is 0 Å². The van der Waals surface area contributed by atoms with Crippen molar-refractivity contribution in [3.05, 3.63) is 29.8 Å². The number of nitrogens with zero attached hydrogens (tertiary/aromatic N) is 1. The van der Waals surface area contributed by atoms with Gasteiger partial charge in [-0.25, -0.2) is 4.39 Å². The van der Waals surface area contributed by atoms with E-state index in [1.807, 2.05) is 0 Å². The summed E-state index contributed by atoms with van der Waals surface area (Å²) < 4.78 is 13.6. The maximum Gasteiger partial charge on any atom is 0.146 e. The van der Waals surface area contributed by atoms with Gasteiger partial charge in [0.2, 0.25) is 0 Å². The molecule has 1 aromatic rings. The fourth-order valence-corrected chi connectivity index (χ4v) is 2.75. The summed E-state index contributed by atoms with van der Waals surface area (Å²) in [4.78, 5) is 3.76. The molecule has 16 heavy (non-hydrogen) atoms. The predicted octanol–water partition coefficient (Wildman–Crippen LogP) is 2.16. The van der Waals surface area contributed by atoms with Crippen LogP contribution in [0, 0.1) is 17.7 Å². The van der Waals surface area contributed by atoms with Crippen LogP contribution in [0.4, 0.5) is 4.39 Å². The zero-order valence-corrected chi connectivity index (χ0v) is 9.49. The molecule has 1 heterocycles. The van der Waals surface area contributed by atoms with Crippen LogP contribution in [0.15, 0.2) is 18.5 Å². The molecule has 1 aliphatic carbocycles. The van der Waals surface area contributed by atoms with Gasteiger partial charge in [-0.2, -0.15) is 0 Å². The second-order valence-electron chi connectivity index (χ2n) is 4.61. The van der Waals surface area contributed by atoms with Crippen molar-refractivity contribution in [2.24, 2.45) is 17.7 Å². The van der Waals surface area contributed by atoms with Crippen LogP contribution in [0.3, 0.4) is 0 Å². The lowest BCUT2D eigenvalue weighted by molar-refractivity contribution is 0.297. The number of hydrogen-bond acceptors (Lipinski definition) is 3. The van der Waals surface area contributed by atoms with E-state index in [4.69, 9.17) is 5.84 Å². The first-order valence-electron chi connectivity index (χ1n) is 5.79. The van der Waals surface area contributed by atoms with Gasteiger partial charge >= 0.3 is 0 Å². The molecule has 3 unspecified atom stereocenters. The molecule has 0 aliphatic heterocycles. The third-order valence-electron chi connectivity index (χ3n) is 3.67. The molecule has 1 saturated carbocycles. The molecule has 3 N–H and O–H groups in total. The number of nitrogens with one attached hydrogen (secondary N) is 1. The average Bonchev–Trinajstić information content (AvgIpc) is 2.69. The topological polar surface area (TPSA) is 50.9 Å². The van der Waals surface area contributed by atoms with E-state index < -0.39 is 0 Å². The smallest absolute Gasteiger partial charge is 0.146 e. The van der Waals surface area contributed by atoms with Gasteiger partial charge in [-0.1, -0.05) is 19.8 Å². The van der Waals surface area contributed by atoms with Gasteiger partial charge in [-0.3, -0.25) is 16.3 Å². The first kappa shape index (κ1) is 11.5. The van der Waals surface area contributed by atoms with Crippen molar-refractivity contribution < 1.29 is 4.39 Å². The van der Waals surface area contributed by atoms with Crippen molar-refractivity contribution in [1.82, 2.24) is 10.4 Å². The van der Waals surface area contributed by atoms with Crippen molar-refractivity contribution in [2.75, 3.05) is 0 Å². The number of hydrazine groups is 1. The Morgan fingerprint density at radius 1 is 1.56 bits per heavy atom. The minimum atomic E-state index is -0.274. The van der Waals surface area contributed by atoms with E-state index in [9.17, 15) is 4.39 Å². The zero-order valence-electron chi connectivity index (χ0n) is 9.49. The van der Waals surface area contributed by atoms with Crippen LogP contribution in [0.2, 0.25) is 0 Å². The van der Waals surface area contributed by atoms with Gasteiger partial charge in [0.05, 0.1) is 12.2 Å². The van der Waals surface area contributed by atoms with Gasteiger partial charge in [0.25, 0.3) is 0 Å². The van der Waals surface area contributed by atoms with E-state index in [0.717, 1.165) is 6.42 Å². The molecule has 0 aromatic carbocycles. The molecular weight excluding hydrogens is 205 g/mol. The van der Waals surface area contributed by atoms with Gasteiger partial charge in [0.15, 0.2) is 0 Å². The standard InChI is InChI=1S/C12H18FN3/c1-8-3-2-4-9(8)12(16-14)10-5-6-15-7-11(10)13/h5-9,12,16H,2-4,14H2,1H3. The third-order valence-corrected chi connectivity index (χ3v) is 3.67. The molecule has 1 fully saturated rings. The summed E-state index contributed by atoms with van der Waals surface area (Å²) in [7, 11) is 0. The van der Waals surface area contributed by atoms with Crippen LogP contribution in [0.25, 0.3) is 0 Å². The Bertz CT molecular complexity index is 356. The van der Waals surface area contributed by atoms with Crippen molar-refractivity contribution in [3.63, 3.8) is 0 Å². The van der Waals surface area contributed by atoms with E-state index in [1.165, 1.54) is 19.0 Å². The molecule has 88 valence electrons. The fraction of sp³-hybridized carbons (Fsp3) is 0.583. The van der Waals surface area contributed by atoms with Crippen molar-refractivity contribution in [3.8, 4) is 0 Å². The van der Waals surface area contributed by atoms with Crippen LogP contribution in [-0.2, 0) is 0 Å². The molecule has 3 nitrogen and oxygen atoms in total. The Hall–Kier alpha value is -1.00. The lowest BCUT2D eigenvalue weighted by Gasteiger charge is -2.26. The van der Waals surface area contributed by atoms with Crippen LogP contribution < -0.4 is 11.3 Å². The van der Waals surface area contributed by atoms with Crippen LogP contribution in [-0.4, -0.2) is 4.98 Å². The lowest BCUT2D eigenvalue weighted by atomic mass is 9.86. The summed E-state index contributed by atoms with van der Waals surface area (Å²) in [5.41, 5.74) is 3.40. The minimum Gasteiger partial charge on any atom is -0.271 e. The summed E-state index contributed by atoms with van der Waals surface area (Å²) in [6.45, 7) is 2.21. The largest absolute Gasteiger partial charge is 0.271 e. The van der Waals surface area contributed by atoms with Crippen LogP contribution in [0.5, 0.6) is 0 Å². The number of nitrogens with two attached hydrogens (primary N) is 1. The molecule has 0 radical (unpaired) electrons. The Kier molecular flexibility index (Phi) is 3.51. The normalized spacial score (nSPS) is 26.9. The van der Waals surface area contributed by atoms with Crippen molar-refractivity contribution in [1.29, 1.82) is 0 Å². The highest BCUT2D eigenvalue weighted by Gasteiger charge is 2.32. The maximum atomic E-state index is 13.6. The van der Waals surface area contributed by atoms with Gasteiger partial charge < -0.3 is 0 Å². The molecule has 1 aliphatic rings. The van der Waals surface area contributed by atoms with E-state index in [-0.39, 0.29) is 11.9 Å². The second-order valence-corrected chi connectivity index (χ2v) is 4.61. The lowest BCUT2D eigenvalue weighted by Crippen LogP contribution is -2.35. The Labute approximate surface area is 95.2 Å². The molecule has 0 amide bonds. The monoisotopic (exact) mass is 223 g/mol. The Morgan fingerprint density at radius 3 is 2.94 bits per heavy atom. The van der Waals surface area contributed by atoms with Gasteiger partial charge in [-0.05, 0) is 24.3 Å². The minimum absolute atomic E-state index is 0.0968. The molecule has 1 aromatic heterocycles. The summed E-state index contributed by atoms with van der Waals surface area (Å²) in [6.07, 6.45) is 6.38. The Morgan fingerprint density at radius 2 is 2.38 bits per heavy atom. The Balaban J connectivity index is 2.25. The van der Waals surface area contributed by atoms with Crippen molar-refractivity contribution in [2.45, 2.75) is 32.2 Å². The molecule has 0 saturated heterocycles. The second kappa shape index (κ2) is 4.89. The fourth-order valence-electron chi connectivity index (χ4n) is 2.75. The average molecular weight is 223 g/mol. The summed E-state index contributed by atoms with van der Waals surface area (Å²) in [5, 5.41) is 0. The zero-order chi connectivity index (χ0) is 11.5. The van der Waals surface area contributed by atoms with Gasteiger partial charge in [0, 0.05) is 11.8 Å². The van der Waals surface area contributed by atoms with E-state index in [2.05, 4.69) is 17.3 Å². The maximum absolute atomic E-state index is 13.6. The van der Waals surface area contributed by atoms with E-state index in [1.54, 1.807) is 12.3 Å². The highest BCUT2D eigenvalue weighted by atomic mass is 19.1. The number of pyridine rings is 1. The molecule has 0 spiro atoms. The van der Waals surface area contributed by atoms with E-state index in [0.29, 0.717) is 17.4 Å². The SMILES string of the molecule is CC1CCCC1C(NN)c1ccncc1F. The molecule has 0 bridgehead atoms. The van der Waals surface area contributed by atoms with Crippen LogP contribution in [0.1, 0.15) is 37.8 Å². The number of rotatable bonds is 3. The highest BCUT2D eigenvalue weighted by molar-refractivity contribution is 5.18. The summed E-state index contributed by atoms with van der Waals surface area (Å²) >= 11 is 0. The first-order chi connectivity index (χ1) is 7.74. The molecular formula is C12H18FN3. The molecule has 2 rings (SSSR count). The highest BCUT2D eigenvalue weighted by Crippen LogP contribution is 2.40.